The quantitative estimate of drug-likeness (QED) is 0.692. The molecule has 0 N–H and O–H groups in total. The summed E-state index contributed by atoms with van der Waals surface area (Å²) in [6, 6.07) is 4.04. The molecule has 1 aromatic rings. The number of benzene rings is 1. The lowest BCUT2D eigenvalue weighted by Crippen LogP contribution is -2.54. The molecule has 2 saturated heterocycles. The highest BCUT2D eigenvalue weighted by molar-refractivity contribution is 7.89. The number of rotatable bonds is 6. The van der Waals surface area contributed by atoms with Crippen LogP contribution in [0.5, 0.6) is 0 Å². The minimum atomic E-state index is -3.76. The van der Waals surface area contributed by atoms with Crippen molar-refractivity contribution in [2.75, 3.05) is 40.0 Å². The van der Waals surface area contributed by atoms with Crippen molar-refractivity contribution in [2.24, 2.45) is 0 Å². The highest BCUT2D eigenvalue weighted by Gasteiger charge is 2.36. The molecule has 0 aromatic heterocycles. The lowest BCUT2D eigenvalue weighted by molar-refractivity contribution is -0.143. The minimum absolute atomic E-state index is 0.0124. The summed E-state index contributed by atoms with van der Waals surface area (Å²) in [4.78, 5) is 14.6. The summed E-state index contributed by atoms with van der Waals surface area (Å²) in [5, 5.41) is 0. The van der Waals surface area contributed by atoms with Gasteiger partial charge < -0.3 is 14.4 Å². The maximum atomic E-state index is 13.9. The topological polar surface area (TPSA) is 76.2 Å². The molecule has 2 aliphatic heterocycles. The minimum Gasteiger partial charge on any atom is -0.381 e. The standard InChI is InChI=1S/C20H29FN2O5S/c1-15-3-4-18(13-19(15)21)29(25,26)22-9-5-16(6-10-22)23(20(24)14-27-2)17-7-11-28-12-8-17/h3-4,13,16-17H,5-12,14H2,1-2H3. The van der Waals surface area contributed by atoms with Gasteiger partial charge in [0.1, 0.15) is 12.4 Å². The number of hydrogen-bond donors (Lipinski definition) is 0. The SMILES string of the molecule is COCC(=O)N(C1CCOCC1)C1CCN(S(=O)(=O)c2ccc(C)c(F)c2)CC1. The number of halogens is 1. The van der Waals surface area contributed by atoms with E-state index in [9.17, 15) is 17.6 Å². The molecule has 0 radical (unpaired) electrons. The van der Waals surface area contributed by atoms with Gasteiger partial charge >= 0.3 is 0 Å². The first-order valence-corrected chi connectivity index (χ1v) is 11.4. The number of carbonyl (C=O) groups is 1. The van der Waals surface area contributed by atoms with E-state index in [-0.39, 0.29) is 29.5 Å². The van der Waals surface area contributed by atoms with Crippen LogP contribution in [-0.4, -0.2) is 75.6 Å². The van der Waals surface area contributed by atoms with Crippen LogP contribution < -0.4 is 0 Å². The number of carbonyl (C=O) groups excluding carboxylic acids is 1. The molecule has 162 valence electrons. The molecule has 2 aliphatic rings. The Bertz CT molecular complexity index is 818. The summed E-state index contributed by atoms with van der Waals surface area (Å²) in [5.41, 5.74) is 0.409. The van der Waals surface area contributed by atoms with Gasteiger partial charge in [0.05, 0.1) is 4.90 Å². The van der Waals surface area contributed by atoms with Crippen molar-refractivity contribution in [1.29, 1.82) is 0 Å². The predicted molar refractivity (Wildman–Crippen MR) is 105 cm³/mol. The molecular weight excluding hydrogens is 399 g/mol. The molecule has 2 fully saturated rings. The van der Waals surface area contributed by atoms with Gasteiger partial charge in [0.2, 0.25) is 15.9 Å². The fraction of sp³-hybridized carbons (Fsp3) is 0.650. The molecule has 1 amide bonds. The van der Waals surface area contributed by atoms with Gasteiger partial charge in [0.25, 0.3) is 0 Å². The van der Waals surface area contributed by atoms with Crippen LogP contribution in [-0.2, 0) is 24.3 Å². The fourth-order valence-electron chi connectivity index (χ4n) is 4.11. The molecule has 0 unspecified atom stereocenters. The van der Waals surface area contributed by atoms with Crippen molar-refractivity contribution >= 4 is 15.9 Å². The summed E-state index contributed by atoms with van der Waals surface area (Å²) >= 11 is 0. The summed E-state index contributed by atoms with van der Waals surface area (Å²) in [6.07, 6.45) is 2.63. The van der Waals surface area contributed by atoms with Crippen LogP contribution in [0.4, 0.5) is 4.39 Å². The summed E-state index contributed by atoms with van der Waals surface area (Å²) in [7, 11) is -2.26. The lowest BCUT2D eigenvalue weighted by Gasteiger charge is -2.43. The Morgan fingerprint density at radius 3 is 2.41 bits per heavy atom. The Kier molecular flexibility index (Phi) is 7.26. The average Bonchev–Trinajstić information content (AvgIpc) is 2.71. The molecule has 2 heterocycles. The maximum Gasteiger partial charge on any atom is 0.249 e. The smallest absolute Gasteiger partial charge is 0.249 e. The summed E-state index contributed by atoms with van der Waals surface area (Å²) < 4.78 is 51.5. The van der Waals surface area contributed by atoms with E-state index in [0.717, 1.165) is 18.9 Å². The van der Waals surface area contributed by atoms with E-state index in [4.69, 9.17) is 9.47 Å². The molecular formula is C20H29FN2O5S. The number of aryl methyl sites for hydroxylation is 1. The van der Waals surface area contributed by atoms with Crippen LogP contribution in [0.1, 0.15) is 31.2 Å². The largest absolute Gasteiger partial charge is 0.381 e. The molecule has 0 bridgehead atoms. The second kappa shape index (κ2) is 9.51. The number of methoxy groups -OCH3 is 1. The number of ether oxygens (including phenoxy) is 2. The monoisotopic (exact) mass is 428 g/mol. The maximum absolute atomic E-state index is 13.9. The van der Waals surface area contributed by atoms with Gasteiger partial charge in [-0.3, -0.25) is 4.79 Å². The number of hydrogen-bond acceptors (Lipinski definition) is 5. The van der Waals surface area contributed by atoms with Crippen molar-refractivity contribution in [3.05, 3.63) is 29.6 Å². The van der Waals surface area contributed by atoms with Gasteiger partial charge in [0.15, 0.2) is 0 Å². The normalized spacial score (nSPS) is 20.0. The molecule has 29 heavy (non-hydrogen) atoms. The molecule has 0 spiro atoms. The average molecular weight is 429 g/mol. The zero-order valence-corrected chi connectivity index (χ0v) is 17.8. The third-order valence-electron chi connectivity index (χ3n) is 5.74. The third kappa shape index (κ3) is 4.96. The van der Waals surface area contributed by atoms with E-state index in [1.54, 1.807) is 6.92 Å². The summed E-state index contributed by atoms with van der Waals surface area (Å²) in [5.74, 6) is -0.599. The van der Waals surface area contributed by atoms with Crippen molar-refractivity contribution in [3.8, 4) is 0 Å². The Labute approximate surface area is 171 Å². The van der Waals surface area contributed by atoms with Crippen LogP contribution in [0.3, 0.4) is 0 Å². The highest BCUT2D eigenvalue weighted by Crippen LogP contribution is 2.27. The van der Waals surface area contributed by atoms with Crippen molar-refractivity contribution in [2.45, 2.75) is 49.6 Å². The molecule has 1 aromatic carbocycles. The van der Waals surface area contributed by atoms with E-state index < -0.39 is 15.8 Å². The Hall–Kier alpha value is -1.55. The molecule has 0 saturated carbocycles. The second-order valence-corrected chi connectivity index (χ2v) is 9.56. The van der Waals surface area contributed by atoms with Crippen LogP contribution in [0, 0.1) is 12.7 Å². The van der Waals surface area contributed by atoms with Gasteiger partial charge in [-0.05, 0) is 50.3 Å². The first-order valence-electron chi connectivity index (χ1n) is 9.98. The first-order chi connectivity index (χ1) is 13.8. The van der Waals surface area contributed by atoms with Gasteiger partial charge in [-0.2, -0.15) is 4.31 Å². The van der Waals surface area contributed by atoms with Gasteiger partial charge in [-0.25, -0.2) is 12.8 Å². The lowest BCUT2D eigenvalue weighted by atomic mass is 9.98. The first kappa shape index (κ1) is 22.1. The zero-order valence-electron chi connectivity index (χ0n) is 17.0. The van der Waals surface area contributed by atoms with Crippen molar-refractivity contribution < 1.29 is 27.1 Å². The van der Waals surface area contributed by atoms with Crippen molar-refractivity contribution in [1.82, 2.24) is 9.21 Å². The van der Waals surface area contributed by atoms with E-state index in [0.29, 0.717) is 44.7 Å². The zero-order chi connectivity index (χ0) is 21.0. The third-order valence-corrected chi connectivity index (χ3v) is 7.63. The Morgan fingerprint density at radius 1 is 1.21 bits per heavy atom. The molecule has 7 nitrogen and oxygen atoms in total. The van der Waals surface area contributed by atoms with Crippen LogP contribution in [0.2, 0.25) is 0 Å². The van der Waals surface area contributed by atoms with Gasteiger partial charge in [-0.1, -0.05) is 6.07 Å². The second-order valence-electron chi connectivity index (χ2n) is 7.62. The molecule has 0 atom stereocenters. The fourth-order valence-corrected chi connectivity index (χ4v) is 5.59. The molecule has 9 heteroatoms. The van der Waals surface area contributed by atoms with E-state index in [1.165, 1.54) is 23.5 Å². The molecule has 3 rings (SSSR count). The van der Waals surface area contributed by atoms with Crippen LogP contribution in [0.15, 0.2) is 23.1 Å². The van der Waals surface area contributed by atoms with Crippen LogP contribution >= 0.6 is 0 Å². The number of nitrogens with zero attached hydrogens (tertiary/aromatic N) is 2. The van der Waals surface area contributed by atoms with Crippen LogP contribution in [0.25, 0.3) is 0 Å². The molecule has 0 aliphatic carbocycles. The number of sulfonamides is 1. The number of amides is 1. The van der Waals surface area contributed by atoms with E-state index >= 15 is 0 Å². The highest BCUT2D eigenvalue weighted by atomic mass is 32.2. The Balaban J connectivity index is 1.71. The van der Waals surface area contributed by atoms with E-state index in [1.807, 2.05) is 4.90 Å². The van der Waals surface area contributed by atoms with Crippen molar-refractivity contribution in [3.63, 3.8) is 0 Å². The number of piperidine rings is 1. The predicted octanol–water partition coefficient (Wildman–Crippen LogP) is 1.94. The van der Waals surface area contributed by atoms with Gasteiger partial charge in [-0.15, -0.1) is 0 Å². The van der Waals surface area contributed by atoms with E-state index in [2.05, 4.69) is 0 Å². The Morgan fingerprint density at radius 2 is 1.83 bits per heavy atom. The summed E-state index contributed by atoms with van der Waals surface area (Å²) in [6.45, 7) is 3.43. The van der Waals surface area contributed by atoms with Gasteiger partial charge in [0, 0.05) is 45.5 Å².